The number of carbonyl (C=O) groups is 3. The number of nitrogens with two attached hydrogens (primary N) is 1. The molecule has 3 aliphatic rings. The summed E-state index contributed by atoms with van der Waals surface area (Å²) in [6.07, 6.45) is 5.34. The van der Waals surface area contributed by atoms with Crippen LogP contribution >= 0.6 is 0 Å². The second kappa shape index (κ2) is 10.0. The number of hydrogen-bond donors (Lipinski definition) is 3. The molecule has 1 unspecified atom stereocenters. The van der Waals surface area contributed by atoms with E-state index in [1.165, 1.54) is 23.1 Å². The highest BCUT2D eigenvalue weighted by molar-refractivity contribution is 6.09. The molecule has 4 N–H and O–H groups in total. The second-order valence-corrected chi connectivity index (χ2v) is 8.70. The van der Waals surface area contributed by atoms with Crippen LogP contribution in [0.2, 0.25) is 0 Å². The van der Waals surface area contributed by atoms with Crippen molar-refractivity contribution in [1.29, 1.82) is 0 Å². The van der Waals surface area contributed by atoms with Gasteiger partial charge in [-0.15, -0.1) is 0 Å². The van der Waals surface area contributed by atoms with Crippen molar-refractivity contribution < 1.29 is 32.6 Å². The van der Waals surface area contributed by atoms with Crippen LogP contribution < -0.4 is 26.0 Å². The maximum atomic E-state index is 13.0. The molecule has 0 radical (unpaired) electrons. The lowest BCUT2D eigenvalue weighted by atomic mass is 9.77. The Morgan fingerprint density at radius 3 is 2.48 bits per heavy atom. The Morgan fingerprint density at radius 1 is 1.18 bits per heavy atom. The van der Waals surface area contributed by atoms with E-state index in [-0.39, 0.29) is 42.9 Å². The minimum Gasteiger partial charge on any atom is -0.433 e. The fraction of sp³-hybridized carbons (Fsp3) is 0.591. The monoisotopic (exact) mass is 466 g/mol. The van der Waals surface area contributed by atoms with Crippen molar-refractivity contribution in [3.05, 3.63) is 18.2 Å². The molecule has 3 fully saturated rings. The van der Waals surface area contributed by atoms with E-state index in [4.69, 9.17) is 10.5 Å². The Hall–Kier alpha value is -2.79. The maximum Gasteiger partial charge on any atom is 0.387 e. The lowest BCUT2D eigenvalue weighted by Gasteiger charge is -2.36. The Kier molecular flexibility index (Phi) is 7.08. The fourth-order valence-electron chi connectivity index (χ4n) is 4.38. The second-order valence-electron chi connectivity index (χ2n) is 8.70. The zero-order valence-electron chi connectivity index (χ0n) is 18.1. The van der Waals surface area contributed by atoms with Crippen molar-refractivity contribution in [1.82, 2.24) is 5.32 Å². The summed E-state index contributed by atoms with van der Waals surface area (Å²) in [7, 11) is 0. The lowest BCUT2D eigenvalue weighted by molar-refractivity contribution is -0.128. The van der Waals surface area contributed by atoms with Gasteiger partial charge in [0.2, 0.25) is 5.91 Å². The summed E-state index contributed by atoms with van der Waals surface area (Å²) in [6.45, 7) is -2.86. The van der Waals surface area contributed by atoms with E-state index < -0.39 is 30.4 Å². The van der Waals surface area contributed by atoms with Gasteiger partial charge in [-0.1, -0.05) is 6.42 Å². The molecule has 1 aromatic carbocycles. The van der Waals surface area contributed by atoms with Gasteiger partial charge in [0, 0.05) is 24.3 Å². The summed E-state index contributed by atoms with van der Waals surface area (Å²) in [5.74, 6) is -1.29. The van der Waals surface area contributed by atoms with Gasteiger partial charge in [-0.05, 0) is 49.7 Å². The van der Waals surface area contributed by atoms with Crippen molar-refractivity contribution in [2.24, 2.45) is 17.6 Å². The van der Waals surface area contributed by atoms with Crippen LogP contribution in [0.5, 0.6) is 5.75 Å². The largest absolute Gasteiger partial charge is 0.433 e. The number of nitrogens with zero attached hydrogens (tertiary/aromatic N) is 1. The minimum absolute atomic E-state index is 0.0504. The smallest absolute Gasteiger partial charge is 0.387 e. The molecular formula is C22H28F2N4O5. The van der Waals surface area contributed by atoms with E-state index in [9.17, 15) is 23.2 Å². The van der Waals surface area contributed by atoms with Gasteiger partial charge in [0.05, 0.1) is 12.3 Å². The zero-order valence-corrected chi connectivity index (χ0v) is 18.1. The first-order chi connectivity index (χ1) is 15.8. The van der Waals surface area contributed by atoms with Gasteiger partial charge < -0.3 is 25.4 Å². The van der Waals surface area contributed by atoms with Gasteiger partial charge in [0.15, 0.2) is 11.8 Å². The molecule has 4 rings (SSSR count). The van der Waals surface area contributed by atoms with E-state index >= 15 is 0 Å². The number of benzene rings is 1. The lowest BCUT2D eigenvalue weighted by Crippen LogP contribution is -2.56. The number of morpholine rings is 1. The Balaban J connectivity index is 1.50. The number of amides is 3. The molecule has 11 heteroatoms. The number of hydrogen-bond acceptors (Lipinski definition) is 6. The van der Waals surface area contributed by atoms with Crippen molar-refractivity contribution in [3.63, 3.8) is 0 Å². The van der Waals surface area contributed by atoms with E-state index in [1.54, 1.807) is 0 Å². The van der Waals surface area contributed by atoms with E-state index in [2.05, 4.69) is 15.4 Å². The summed E-state index contributed by atoms with van der Waals surface area (Å²) in [6, 6.07) is 2.86. The molecule has 0 bridgehead atoms. The summed E-state index contributed by atoms with van der Waals surface area (Å²) < 4.78 is 35.7. The molecular weight excluding hydrogens is 438 g/mol. The van der Waals surface area contributed by atoms with Crippen LogP contribution in [-0.4, -0.2) is 56.2 Å². The van der Waals surface area contributed by atoms with Crippen LogP contribution in [0.4, 0.5) is 20.2 Å². The van der Waals surface area contributed by atoms with Crippen LogP contribution in [0.1, 0.15) is 32.1 Å². The highest BCUT2D eigenvalue weighted by Crippen LogP contribution is 2.42. The molecule has 2 saturated carbocycles. The quantitative estimate of drug-likeness (QED) is 0.451. The average molecular weight is 466 g/mol. The Labute approximate surface area is 189 Å². The maximum absolute atomic E-state index is 13.0. The molecule has 1 aromatic rings. The summed E-state index contributed by atoms with van der Waals surface area (Å²) in [5.41, 5.74) is 5.79. The van der Waals surface area contributed by atoms with Gasteiger partial charge in [-0.25, -0.2) is 0 Å². The number of ether oxygens (including phenoxy) is 2. The number of rotatable bonds is 10. The van der Waals surface area contributed by atoms with Crippen molar-refractivity contribution in [2.75, 3.05) is 30.0 Å². The minimum atomic E-state index is -3.13. The third-order valence-corrected chi connectivity index (χ3v) is 6.41. The first-order valence-electron chi connectivity index (χ1n) is 11.2. The van der Waals surface area contributed by atoms with E-state index in [0.717, 1.165) is 32.1 Å². The molecule has 0 aromatic heterocycles. The normalized spacial score (nSPS) is 20.8. The first kappa shape index (κ1) is 23.4. The first-order valence-corrected chi connectivity index (χ1v) is 11.2. The van der Waals surface area contributed by atoms with Crippen LogP contribution in [0.15, 0.2) is 18.2 Å². The highest BCUT2D eigenvalue weighted by Gasteiger charge is 2.41. The van der Waals surface area contributed by atoms with Crippen LogP contribution in [0.3, 0.4) is 0 Å². The fourth-order valence-corrected chi connectivity index (χ4v) is 4.38. The third-order valence-electron chi connectivity index (χ3n) is 6.41. The predicted octanol–water partition coefficient (Wildman–Crippen LogP) is 1.61. The Bertz CT molecular complexity index is 907. The molecule has 2 aliphatic carbocycles. The molecule has 0 spiro atoms. The van der Waals surface area contributed by atoms with Gasteiger partial charge in [-0.3, -0.25) is 19.7 Å². The SMILES string of the molecule is NC(=O)[C@@H](NC(C1CCC1)C1CC1)C(=O)Nc1ccc(N2CCOCC2=O)c(OC(F)F)c1. The summed E-state index contributed by atoms with van der Waals surface area (Å²) in [5, 5.41) is 5.71. The molecule has 1 heterocycles. The molecule has 9 nitrogen and oxygen atoms in total. The Morgan fingerprint density at radius 2 is 1.91 bits per heavy atom. The zero-order chi connectivity index (χ0) is 23.5. The van der Waals surface area contributed by atoms with Crippen molar-refractivity contribution in [3.8, 4) is 5.75 Å². The number of primary amides is 1. The number of alkyl halides is 2. The summed E-state index contributed by atoms with van der Waals surface area (Å²) in [4.78, 5) is 38.4. The topological polar surface area (TPSA) is 123 Å². The number of halogens is 2. The molecule has 33 heavy (non-hydrogen) atoms. The molecule has 1 aliphatic heterocycles. The van der Waals surface area contributed by atoms with Crippen LogP contribution in [0.25, 0.3) is 0 Å². The summed E-state index contributed by atoms with van der Waals surface area (Å²) >= 11 is 0. The molecule has 180 valence electrons. The number of nitrogens with one attached hydrogen (secondary N) is 2. The molecule has 3 amide bonds. The number of anilines is 2. The molecule has 2 atom stereocenters. The predicted molar refractivity (Wildman–Crippen MR) is 115 cm³/mol. The van der Waals surface area contributed by atoms with Crippen molar-refractivity contribution >= 4 is 29.1 Å². The van der Waals surface area contributed by atoms with E-state index in [1.807, 2.05) is 0 Å². The van der Waals surface area contributed by atoms with Gasteiger partial charge in [0.25, 0.3) is 11.8 Å². The average Bonchev–Trinajstić information content (AvgIpc) is 3.55. The van der Waals surface area contributed by atoms with Crippen LogP contribution in [-0.2, 0) is 19.1 Å². The van der Waals surface area contributed by atoms with E-state index in [0.29, 0.717) is 11.8 Å². The molecule has 1 saturated heterocycles. The van der Waals surface area contributed by atoms with Gasteiger partial charge in [0.1, 0.15) is 6.61 Å². The van der Waals surface area contributed by atoms with Crippen LogP contribution in [0, 0.1) is 11.8 Å². The van der Waals surface area contributed by atoms with Gasteiger partial charge >= 0.3 is 6.61 Å². The standard InChI is InChI=1S/C22H28F2N4O5/c23-22(24)33-16-10-14(6-7-15(16)28-8-9-32-11-17(28)29)26-21(31)19(20(25)30)27-18(13-4-5-13)12-2-1-3-12/h6-7,10,12-13,18-19,22,27H,1-5,8-9,11H2,(H2,25,30)(H,26,31)/t18?,19-/m1/s1. The van der Waals surface area contributed by atoms with Gasteiger partial charge in [-0.2, -0.15) is 8.78 Å². The highest BCUT2D eigenvalue weighted by atomic mass is 19.3. The third kappa shape index (κ3) is 5.59. The van der Waals surface area contributed by atoms with Crippen molar-refractivity contribution in [2.45, 2.75) is 50.8 Å². The number of carbonyl (C=O) groups excluding carboxylic acids is 3.